The van der Waals surface area contributed by atoms with E-state index in [0.717, 1.165) is 18.4 Å². The normalized spacial score (nSPS) is 51.0. The Morgan fingerprint density at radius 3 is 1.63 bits per heavy atom. The Kier molecular flexibility index (Phi) is 22.1. The van der Waals surface area contributed by atoms with Gasteiger partial charge < -0.3 is 135 Å². The first kappa shape index (κ1) is 71.6. The molecule has 28 nitrogen and oxygen atoms in total. The summed E-state index contributed by atoms with van der Waals surface area (Å²) >= 11 is 0. The highest BCUT2D eigenvalue weighted by Gasteiger charge is 2.71. The number of carbonyl (C=O) groups is 1. The highest BCUT2D eigenvalue weighted by atomic mass is 16.8. The molecule has 0 aromatic rings. The number of ether oxygens (including phenoxy) is 9. The van der Waals surface area contributed by atoms with Gasteiger partial charge in [-0.2, -0.15) is 0 Å². The maximum absolute atomic E-state index is 15.4. The maximum atomic E-state index is 15.4. The van der Waals surface area contributed by atoms with E-state index in [9.17, 15) is 91.9 Å². The average Bonchev–Trinajstić information content (AvgIpc) is 1.67. The van der Waals surface area contributed by atoms with E-state index in [4.69, 9.17) is 42.6 Å². The van der Waals surface area contributed by atoms with Gasteiger partial charge in [0.25, 0.3) is 0 Å². The van der Waals surface area contributed by atoms with Crippen molar-refractivity contribution >= 4 is 5.78 Å². The second-order valence-corrected chi connectivity index (χ2v) is 29.0. The molecule has 0 amide bonds. The van der Waals surface area contributed by atoms with Gasteiger partial charge >= 0.3 is 0 Å². The van der Waals surface area contributed by atoms with Crippen molar-refractivity contribution in [1.82, 2.24) is 0 Å². The Hall–Kier alpha value is -1.67. The molecule has 89 heavy (non-hydrogen) atoms. The van der Waals surface area contributed by atoms with Gasteiger partial charge in [-0.05, 0) is 99.7 Å². The standard InChI is InChI=1S/C61H102O28/c1-24(9-13-37(58(4,5)80)88-55-51(79)47(75)52(89-56-50(78)46(74)42(70)32(21-64)86-56)33(87-55)23-82-54-49(77)45(73)41(69)31(20-63)85-54)26-15-16-59(6)34-12-10-27-28(61(34,8)35(65)18-60(26,59)7)11-14-36(57(27,2)3)83-29-17-25(38(66)43(71)39(29)67)22-81-53-48(76)44(72)40(68)30(19-62)84-53/h10,24-26,28-34,36-56,62-64,66-80H,9,11-23H2,1-8H3/t24-,25-,26?,28?,29-,30-,31-,32-,33-,34?,36+,37-,38-,39+,40-,41-,42-,43+,44+,45+,46+,47-,48-,49-,50-,51-,52-,53?,54-,55+,56+,59+,60-,61+/m1/s1. The van der Waals surface area contributed by atoms with Crippen LogP contribution in [0.1, 0.15) is 113 Å². The fourth-order valence-corrected chi connectivity index (χ4v) is 17.2. The van der Waals surface area contributed by atoms with Crippen molar-refractivity contribution in [2.24, 2.45) is 51.2 Å². The van der Waals surface area contributed by atoms with E-state index in [1.807, 2.05) is 0 Å². The Morgan fingerprint density at radius 2 is 1.08 bits per heavy atom. The number of aliphatic hydroxyl groups excluding tert-OH is 17. The van der Waals surface area contributed by atoms with E-state index in [0.29, 0.717) is 32.1 Å². The van der Waals surface area contributed by atoms with Gasteiger partial charge in [0.05, 0.1) is 63.1 Å². The Morgan fingerprint density at radius 1 is 0.573 bits per heavy atom. The number of fused-ring (bicyclic) bond motifs is 5. The van der Waals surface area contributed by atoms with E-state index in [2.05, 4.69) is 47.6 Å². The molecule has 0 radical (unpaired) electrons. The molecule has 4 heterocycles. The minimum absolute atomic E-state index is 0.0308. The number of rotatable bonds is 20. The Labute approximate surface area is 517 Å². The zero-order chi connectivity index (χ0) is 65.5. The molecule has 0 spiro atoms. The summed E-state index contributed by atoms with van der Waals surface area (Å²) in [5.74, 6) is -0.805. The van der Waals surface area contributed by atoms with E-state index in [1.165, 1.54) is 13.8 Å². The summed E-state index contributed by atoms with van der Waals surface area (Å²) in [4.78, 5) is 15.4. The molecule has 0 aromatic heterocycles. The number of allylic oxidation sites excluding steroid dienone is 1. The molecule has 514 valence electrons. The third kappa shape index (κ3) is 13.0. The van der Waals surface area contributed by atoms with Crippen LogP contribution in [-0.4, -0.2) is 296 Å². The summed E-state index contributed by atoms with van der Waals surface area (Å²) in [7, 11) is 0. The van der Waals surface area contributed by atoms with E-state index in [1.54, 1.807) is 0 Å². The molecule has 34 atom stereocenters. The van der Waals surface area contributed by atoms with Gasteiger partial charge in [0, 0.05) is 23.2 Å². The lowest BCUT2D eigenvalue weighted by Gasteiger charge is -2.65. The number of aliphatic hydroxyl groups is 18. The summed E-state index contributed by atoms with van der Waals surface area (Å²) in [6, 6.07) is 0. The van der Waals surface area contributed by atoms with Crippen LogP contribution in [-0.2, 0) is 47.4 Å². The van der Waals surface area contributed by atoms with Crippen molar-refractivity contribution < 1.29 is 139 Å². The van der Waals surface area contributed by atoms with Crippen molar-refractivity contribution in [3.63, 3.8) is 0 Å². The SMILES string of the molecule is C[C@H](CC[C@@H](O[C@@H]1O[C@H](CO[C@@H]2O[C@H](CO)[C@@H](O)[C@H](O)[C@H]2O)[C@@H](O[C@@H]2O[C@H](CO)[C@@H](O)[C@H](O)[C@H]2O)[C@H](O)[C@H]1O)C(C)(C)O)C1CC[C@@]2(C)C3CC=C4C(CC[C@H](O[C@@H]5C[C@H](COC6O[C@H](CO)[C@@H](O)[C@H](O)[C@H]6O)[C@@H](O)[C@H](O)[C@H]5O)C4(C)C)[C@]3(C)C(=O)C[C@]12C. The summed E-state index contributed by atoms with van der Waals surface area (Å²) in [6.45, 7) is 12.7. The molecular formula is C61H102O28. The van der Waals surface area contributed by atoms with Crippen molar-refractivity contribution in [3.8, 4) is 0 Å². The monoisotopic (exact) mass is 1280 g/mol. The Bertz CT molecular complexity index is 2390. The van der Waals surface area contributed by atoms with Gasteiger partial charge in [-0.3, -0.25) is 4.79 Å². The molecule has 8 fully saturated rings. The van der Waals surface area contributed by atoms with E-state index >= 15 is 4.79 Å². The first-order valence-corrected chi connectivity index (χ1v) is 31.8. The van der Waals surface area contributed by atoms with Gasteiger partial charge in [-0.25, -0.2) is 0 Å². The number of hydrogen-bond donors (Lipinski definition) is 18. The highest BCUT2D eigenvalue weighted by molar-refractivity contribution is 5.88. The molecule has 9 aliphatic rings. The van der Waals surface area contributed by atoms with Crippen LogP contribution >= 0.6 is 0 Å². The number of Topliss-reactive ketones (excluding diaryl/α,β-unsaturated/α-hetero) is 1. The lowest BCUT2D eigenvalue weighted by molar-refractivity contribution is -0.373. The molecule has 0 bridgehead atoms. The van der Waals surface area contributed by atoms with Crippen molar-refractivity contribution in [2.45, 2.75) is 278 Å². The third-order valence-corrected chi connectivity index (χ3v) is 23.1. The fraction of sp³-hybridized carbons (Fsp3) is 0.951. The third-order valence-electron chi connectivity index (χ3n) is 23.1. The largest absolute Gasteiger partial charge is 0.394 e. The summed E-state index contributed by atoms with van der Waals surface area (Å²) < 4.78 is 53.4. The lowest BCUT2D eigenvalue weighted by Crippen LogP contribution is -2.65. The molecule has 4 saturated carbocycles. The van der Waals surface area contributed by atoms with Crippen LogP contribution in [0.15, 0.2) is 11.6 Å². The lowest BCUT2D eigenvalue weighted by atomic mass is 9.38. The zero-order valence-corrected chi connectivity index (χ0v) is 52.0. The summed E-state index contributed by atoms with van der Waals surface area (Å²) in [5, 5.41) is 193. The van der Waals surface area contributed by atoms with E-state index in [-0.39, 0.29) is 54.3 Å². The molecule has 5 aliphatic carbocycles. The summed E-state index contributed by atoms with van der Waals surface area (Å²) in [5.41, 5.74) is -2.64. The average molecular weight is 1280 g/mol. The predicted molar refractivity (Wildman–Crippen MR) is 302 cm³/mol. The van der Waals surface area contributed by atoms with Crippen LogP contribution in [0, 0.1) is 51.2 Å². The number of hydrogen-bond acceptors (Lipinski definition) is 28. The molecule has 28 heteroatoms. The molecule has 4 unspecified atom stereocenters. The van der Waals surface area contributed by atoms with Gasteiger partial charge in [0.15, 0.2) is 25.2 Å². The van der Waals surface area contributed by atoms with Crippen LogP contribution in [0.25, 0.3) is 0 Å². The van der Waals surface area contributed by atoms with Crippen molar-refractivity contribution in [3.05, 3.63) is 11.6 Å². The van der Waals surface area contributed by atoms with Crippen LogP contribution in [0.5, 0.6) is 0 Å². The second kappa shape index (κ2) is 27.4. The van der Waals surface area contributed by atoms with Crippen LogP contribution in [0.3, 0.4) is 0 Å². The van der Waals surface area contributed by atoms with Gasteiger partial charge in [-0.15, -0.1) is 0 Å². The molecule has 4 aliphatic heterocycles. The van der Waals surface area contributed by atoms with Crippen molar-refractivity contribution in [1.29, 1.82) is 0 Å². The number of ketones is 1. The van der Waals surface area contributed by atoms with Crippen molar-refractivity contribution in [2.75, 3.05) is 33.0 Å². The summed E-state index contributed by atoms with van der Waals surface area (Å²) in [6.07, 6.45) is -34.2. The quantitative estimate of drug-likeness (QED) is 0.0511. The minimum Gasteiger partial charge on any atom is -0.394 e. The first-order chi connectivity index (χ1) is 41.6. The van der Waals surface area contributed by atoms with Gasteiger partial charge in [0.2, 0.25) is 0 Å². The molecule has 0 aromatic carbocycles. The zero-order valence-electron chi connectivity index (χ0n) is 52.0. The smallest absolute Gasteiger partial charge is 0.187 e. The molecular weight excluding hydrogens is 1180 g/mol. The predicted octanol–water partition coefficient (Wildman–Crippen LogP) is -4.54. The molecule has 4 saturated heterocycles. The minimum atomic E-state index is -1.96. The fourth-order valence-electron chi connectivity index (χ4n) is 17.2. The molecule has 18 N–H and O–H groups in total. The Balaban J connectivity index is 0.866. The van der Waals surface area contributed by atoms with Crippen LogP contribution in [0.2, 0.25) is 0 Å². The molecule has 9 rings (SSSR count). The van der Waals surface area contributed by atoms with E-state index < -0.39 is 214 Å². The van der Waals surface area contributed by atoms with Gasteiger partial charge in [-0.1, -0.05) is 53.2 Å². The maximum Gasteiger partial charge on any atom is 0.187 e. The first-order valence-electron chi connectivity index (χ1n) is 31.8. The number of carbonyl (C=O) groups excluding carboxylic acids is 1. The topological polar surface area (TPSA) is 464 Å². The van der Waals surface area contributed by atoms with Crippen LogP contribution < -0.4 is 0 Å². The van der Waals surface area contributed by atoms with Crippen LogP contribution in [0.4, 0.5) is 0 Å². The second-order valence-electron chi connectivity index (χ2n) is 29.0. The highest BCUT2D eigenvalue weighted by Crippen LogP contribution is 2.74. The van der Waals surface area contributed by atoms with Gasteiger partial charge in [0.1, 0.15) is 116 Å².